The second-order valence-corrected chi connectivity index (χ2v) is 8.60. The Morgan fingerprint density at radius 2 is 2.15 bits per heavy atom. The van der Waals surface area contributed by atoms with Crippen molar-refractivity contribution in [1.29, 1.82) is 0 Å². The zero-order chi connectivity index (χ0) is 18.9. The number of ether oxygens (including phenoxy) is 1. The quantitative estimate of drug-likeness (QED) is 0.549. The lowest BCUT2D eigenvalue weighted by atomic mass is 9.78. The van der Waals surface area contributed by atoms with E-state index < -0.39 is 17.4 Å². The third-order valence-electron chi connectivity index (χ3n) is 5.42. The Morgan fingerprint density at radius 3 is 2.73 bits per heavy atom. The molecule has 0 unspecified atom stereocenters. The summed E-state index contributed by atoms with van der Waals surface area (Å²) in [4.78, 5) is 41.5. The number of rotatable bonds is 7. The first-order chi connectivity index (χ1) is 12.5. The van der Waals surface area contributed by atoms with Gasteiger partial charge >= 0.3 is 5.97 Å². The number of carbonyl (C=O) groups excluding carboxylic acids is 3. The van der Waals surface area contributed by atoms with E-state index in [2.05, 4.69) is 0 Å². The van der Waals surface area contributed by atoms with Crippen LogP contribution in [0.15, 0.2) is 17.5 Å². The predicted molar refractivity (Wildman–Crippen MR) is 101 cm³/mol. The molecule has 8 heteroatoms. The van der Waals surface area contributed by atoms with Crippen LogP contribution in [0, 0.1) is 11.8 Å². The van der Waals surface area contributed by atoms with Gasteiger partial charge in [-0.1, -0.05) is 6.07 Å². The molecule has 2 fully saturated rings. The molecule has 2 aliphatic heterocycles. The number of carbonyl (C=O) groups is 3. The van der Waals surface area contributed by atoms with E-state index in [0.29, 0.717) is 13.0 Å². The molecule has 0 saturated carbocycles. The molecular weight excluding hydrogens is 372 g/mol. The normalized spacial score (nSPS) is 30.7. The first-order valence-electron chi connectivity index (χ1n) is 8.92. The third-order valence-corrected chi connectivity index (χ3v) is 7.01. The molecule has 3 heterocycles. The number of hydrogen-bond donors (Lipinski definition) is 1. The number of likely N-dealkylation sites (tertiary alicyclic amines) is 1. The molecule has 26 heavy (non-hydrogen) atoms. The van der Waals surface area contributed by atoms with Crippen molar-refractivity contribution >= 4 is 40.9 Å². The van der Waals surface area contributed by atoms with E-state index in [-0.39, 0.29) is 30.4 Å². The number of imide groups is 1. The number of nitrogens with zero attached hydrogens (tertiary/aromatic N) is 1. The summed E-state index contributed by atoms with van der Waals surface area (Å²) in [5.41, 5.74) is -1.03. The fourth-order valence-corrected chi connectivity index (χ4v) is 5.69. The van der Waals surface area contributed by atoms with E-state index in [1.807, 2.05) is 29.1 Å². The molecular formula is C18H25N2O4S2+. The Bertz CT molecular complexity index is 693. The molecule has 4 atom stereocenters. The van der Waals surface area contributed by atoms with Crippen LogP contribution in [0.25, 0.3) is 0 Å². The average Bonchev–Trinajstić information content (AvgIpc) is 3.31. The van der Waals surface area contributed by atoms with E-state index >= 15 is 0 Å². The lowest BCUT2D eigenvalue weighted by Gasteiger charge is -2.29. The summed E-state index contributed by atoms with van der Waals surface area (Å²) in [6.45, 7) is 4.16. The van der Waals surface area contributed by atoms with Crippen molar-refractivity contribution in [3.8, 4) is 0 Å². The van der Waals surface area contributed by atoms with Crippen LogP contribution in [0.1, 0.15) is 31.2 Å². The van der Waals surface area contributed by atoms with Crippen molar-refractivity contribution in [2.24, 2.45) is 11.8 Å². The largest absolute Gasteiger partial charge is 0.461 e. The zero-order valence-corrected chi connectivity index (χ0v) is 16.9. The van der Waals surface area contributed by atoms with Gasteiger partial charge in [0, 0.05) is 13.0 Å². The standard InChI is InChI=1S/C18H24N2O4S2/c1-4-20-15(21)12-13(16(20)22)18(8-10-25-3,17(23)24-5-2)19-14(12)11-7-6-9-26-11/h6-7,9,12-14,19H,4-5,8,10H2,1-3H3/p+1/t12-,13-,14-,18+/m0/s1. The molecule has 2 aliphatic rings. The average molecular weight is 398 g/mol. The smallest absolute Gasteiger partial charge is 0.368 e. The molecule has 0 radical (unpaired) electrons. The second-order valence-electron chi connectivity index (χ2n) is 6.64. The Kier molecular flexibility index (Phi) is 5.74. The SMILES string of the molecule is CCOC(=O)[C@]1(CCSC)[NH2+][C@@H](c2cccs2)[C@H]2C(=O)N(CC)C(=O)[C@H]21. The summed E-state index contributed by atoms with van der Waals surface area (Å²) < 4.78 is 5.39. The molecule has 1 aromatic heterocycles. The summed E-state index contributed by atoms with van der Waals surface area (Å²) in [6.07, 6.45) is 2.48. The van der Waals surface area contributed by atoms with Gasteiger partial charge in [-0.25, -0.2) is 4.79 Å². The second kappa shape index (κ2) is 7.70. The molecule has 0 spiro atoms. The van der Waals surface area contributed by atoms with Gasteiger partial charge in [-0.15, -0.1) is 11.3 Å². The summed E-state index contributed by atoms with van der Waals surface area (Å²) >= 11 is 3.19. The van der Waals surface area contributed by atoms with Crippen LogP contribution in [0.5, 0.6) is 0 Å². The van der Waals surface area contributed by atoms with Gasteiger partial charge in [0.25, 0.3) is 0 Å². The fraction of sp³-hybridized carbons (Fsp3) is 0.611. The molecule has 2 amide bonds. The van der Waals surface area contributed by atoms with Crippen LogP contribution >= 0.6 is 23.1 Å². The summed E-state index contributed by atoms with van der Waals surface area (Å²) in [5, 5.41) is 3.91. The van der Waals surface area contributed by atoms with Gasteiger partial charge < -0.3 is 10.1 Å². The Labute approximate surface area is 161 Å². The van der Waals surface area contributed by atoms with E-state index in [4.69, 9.17) is 4.74 Å². The number of esters is 1. The summed E-state index contributed by atoms with van der Waals surface area (Å²) in [5.74, 6) is -1.20. The van der Waals surface area contributed by atoms with E-state index in [9.17, 15) is 14.4 Å². The molecule has 1 aromatic rings. The predicted octanol–water partition coefficient (Wildman–Crippen LogP) is 1.04. The first kappa shape index (κ1) is 19.4. The van der Waals surface area contributed by atoms with Crippen LogP contribution in [-0.2, 0) is 19.1 Å². The Balaban J connectivity index is 2.10. The van der Waals surface area contributed by atoms with Gasteiger partial charge in [0.2, 0.25) is 17.4 Å². The van der Waals surface area contributed by atoms with Crippen LogP contribution in [0.4, 0.5) is 0 Å². The van der Waals surface area contributed by atoms with Crippen LogP contribution in [-0.4, -0.2) is 53.4 Å². The van der Waals surface area contributed by atoms with Crippen molar-refractivity contribution in [2.75, 3.05) is 25.2 Å². The molecule has 6 nitrogen and oxygen atoms in total. The highest BCUT2D eigenvalue weighted by Crippen LogP contribution is 2.46. The summed E-state index contributed by atoms with van der Waals surface area (Å²) in [6, 6.07) is 3.69. The Morgan fingerprint density at radius 1 is 1.38 bits per heavy atom. The highest BCUT2D eigenvalue weighted by molar-refractivity contribution is 7.98. The third kappa shape index (κ3) is 2.88. The lowest BCUT2D eigenvalue weighted by molar-refractivity contribution is -0.734. The van der Waals surface area contributed by atoms with Gasteiger partial charge in [-0.2, -0.15) is 11.8 Å². The van der Waals surface area contributed by atoms with Crippen molar-refractivity contribution in [3.63, 3.8) is 0 Å². The van der Waals surface area contributed by atoms with E-state index in [0.717, 1.165) is 10.6 Å². The first-order valence-corrected chi connectivity index (χ1v) is 11.2. The van der Waals surface area contributed by atoms with Gasteiger partial charge in [0.1, 0.15) is 17.9 Å². The van der Waals surface area contributed by atoms with Crippen LogP contribution in [0.3, 0.4) is 0 Å². The number of nitrogens with two attached hydrogens (primary N) is 1. The monoisotopic (exact) mass is 397 g/mol. The molecule has 0 bridgehead atoms. The fourth-order valence-electron chi connectivity index (χ4n) is 4.31. The number of quaternary nitrogens is 1. The number of thioether (sulfide) groups is 1. The van der Waals surface area contributed by atoms with Gasteiger partial charge in [0.05, 0.1) is 11.5 Å². The van der Waals surface area contributed by atoms with Crippen LogP contribution in [0.2, 0.25) is 0 Å². The molecule has 142 valence electrons. The molecule has 3 rings (SSSR count). The zero-order valence-electron chi connectivity index (χ0n) is 15.3. The van der Waals surface area contributed by atoms with Crippen molar-refractivity contribution < 1.29 is 24.4 Å². The minimum Gasteiger partial charge on any atom is -0.461 e. The lowest BCUT2D eigenvalue weighted by Crippen LogP contribution is -2.98. The number of hydrogen-bond acceptors (Lipinski definition) is 6. The highest BCUT2D eigenvalue weighted by Gasteiger charge is 2.72. The summed E-state index contributed by atoms with van der Waals surface area (Å²) in [7, 11) is 0. The highest BCUT2D eigenvalue weighted by atomic mass is 32.2. The maximum Gasteiger partial charge on any atom is 0.368 e. The number of fused-ring (bicyclic) bond motifs is 1. The number of thiophene rings is 1. The van der Waals surface area contributed by atoms with E-state index in [1.165, 1.54) is 4.90 Å². The molecule has 0 aliphatic carbocycles. The van der Waals surface area contributed by atoms with Gasteiger partial charge in [-0.05, 0) is 37.3 Å². The van der Waals surface area contributed by atoms with Crippen LogP contribution < -0.4 is 5.32 Å². The van der Waals surface area contributed by atoms with Gasteiger partial charge in [0.15, 0.2) is 0 Å². The minimum atomic E-state index is -1.03. The topological polar surface area (TPSA) is 80.3 Å². The van der Waals surface area contributed by atoms with Crippen molar-refractivity contribution in [3.05, 3.63) is 22.4 Å². The maximum atomic E-state index is 13.1. The molecule has 0 aromatic carbocycles. The molecule has 2 N–H and O–H groups in total. The minimum absolute atomic E-state index is 0.160. The van der Waals surface area contributed by atoms with Crippen molar-refractivity contribution in [1.82, 2.24) is 4.90 Å². The van der Waals surface area contributed by atoms with Crippen molar-refractivity contribution in [2.45, 2.75) is 31.8 Å². The molecule has 2 saturated heterocycles. The van der Waals surface area contributed by atoms with E-state index in [1.54, 1.807) is 36.9 Å². The number of amides is 2. The van der Waals surface area contributed by atoms with Gasteiger partial charge in [-0.3, -0.25) is 14.5 Å². The Hall–Kier alpha value is -1.38. The maximum absolute atomic E-state index is 13.1.